The average Bonchev–Trinajstić information content (AvgIpc) is 3.08. The number of aryl methyl sites for hydroxylation is 1. The molecule has 2 aromatic heterocycles. The van der Waals surface area contributed by atoms with E-state index in [2.05, 4.69) is 31.7 Å². The highest BCUT2D eigenvalue weighted by atomic mass is 16.2. The van der Waals surface area contributed by atoms with E-state index in [1.54, 1.807) is 29.2 Å². The molecule has 28 heavy (non-hydrogen) atoms. The minimum atomic E-state index is -0.211. The number of fused-ring (bicyclic) bond motifs is 1. The maximum Gasteiger partial charge on any atom is 0.319 e. The van der Waals surface area contributed by atoms with Gasteiger partial charge in [0.05, 0.1) is 17.3 Å². The third kappa shape index (κ3) is 3.60. The predicted octanol–water partition coefficient (Wildman–Crippen LogP) is 2.63. The molecule has 2 N–H and O–H groups in total. The number of hydrogen-bond donors (Lipinski definition) is 2. The van der Waals surface area contributed by atoms with E-state index in [1.165, 1.54) is 0 Å². The van der Waals surface area contributed by atoms with Gasteiger partial charge in [-0.3, -0.25) is 4.68 Å². The molecule has 0 unspecified atom stereocenters. The first-order chi connectivity index (χ1) is 13.6. The second kappa shape index (κ2) is 7.56. The van der Waals surface area contributed by atoms with Crippen molar-refractivity contribution in [2.24, 2.45) is 7.05 Å². The average molecular weight is 375 g/mol. The summed E-state index contributed by atoms with van der Waals surface area (Å²) in [5, 5.41) is 20.4. The van der Waals surface area contributed by atoms with E-state index < -0.39 is 0 Å². The van der Waals surface area contributed by atoms with E-state index in [0.29, 0.717) is 5.56 Å². The quantitative estimate of drug-likeness (QED) is 0.733. The number of benzene rings is 1. The summed E-state index contributed by atoms with van der Waals surface area (Å²) in [5.74, 6) is 0.720. The molecule has 3 aromatic rings. The summed E-state index contributed by atoms with van der Waals surface area (Å²) in [4.78, 5) is 18.8. The van der Waals surface area contributed by atoms with Crippen LogP contribution < -0.4 is 15.5 Å². The highest BCUT2D eigenvalue weighted by Gasteiger charge is 2.23. The van der Waals surface area contributed by atoms with Crippen LogP contribution in [-0.2, 0) is 7.05 Å². The van der Waals surface area contributed by atoms with Gasteiger partial charge in [-0.1, -0.05) is 0 Å². The Balaban J connectivity index is 1.33. The van der Waals surface area contributed by atoms with Crippen molar-refractivity contribution in [1.82, 2.24) is 20.1 Å². The van der Waals surface area contributed by atoms with Gasteiger partial charge in [0.25, 0.3) is 0 Å². The maximum absolute atomic E-state index is 12.4. The number of anilines is 2. The van der Waals surface area contributed by atoms with Gasteiger partial charge in [0, 0.05) is 43.4 Å². The van der Waals surface area contributed by atoms with Crippen LogP contribution in [0.1, 0.15) is 18.4 Å². The summed E-state index contributed by atoms with van der Waals surface area (Å²) in [6.45, 7) is 1.50. The molecule has 0 spiro atoms. The van der Waals surface area contributed by atoms with Gasteiger partial charge in [-0.05, 0) is 43.2 Å². The Morgan fingerprint density at radius 1 is 1.29 bits per heavy atom. The molecule has 8 heteroatoms. The third-order valence-corrected chi connectivity index (χ3v) is 5.04. The molecule has 1 fully saturated rings. The minimum Gasteiger partial charge on any atom is -0.355 e. The van der Waals surface area contributed by atoms with Crippen molar-refractivity contribution in [2.75, 3.05) is 23.3 Å². The Kier molecular flexibility index (Phi) is 4.81. The molecule has 1 aliphatic heterocycles. The van der Waals surface area contributed by atoms with Crippen LogP contribution in [0.4, 0.5) is 16.3 Å². The van der Waals surface area contributed by atoms with E-state index in [-0.39, 0.29) is 12.1 Å². The molecular weight excluding hydrogens is 354 g/mol. The maximum atomic E-state index is 12.4. The fourth-order valence-electron chi connectivity index (χ4n) is 3.57. The van der Waals surface area contributed by atoms with Crippen LogP contribution in [0.5, 0.6) is 0 Å². The Hall–Kier alpha value is -3.60. The molecule has 0 bridgehead atoms. The van der Waals surface area contributed by atoms with Crippen molar-refractivity contribution in [3.05, 3.63) is 48.3 Å². The Morgan fingerprint density at radius 3 is 2.89 bits per heavy atom. The standard InChI is InChI=1S/C20H21N7O/c1-26-18-5-4-17(11-15(18)13-23-26)25-20(28)24-16-6-9-27(10-7-16)19-14(12-21)3-2-8-22-19/h2-5,8,11,13,16H,6-7,9-10H2,1H3,(H2,24,25,28). The van der Waals surface area contributed by atoms with E-state index in [9.17, 15) is 10.1 Å². The number of rotatable bonds is 3. The number of pyridine rings is 1. The predicted molar refractivity (Wildman–Crippen MR) is 107 cm³/mol. The molecule has 2 amide bonds. The first-order valence-electron chi connectivity index (χ1n) is 9.23. The molecule has 3 heterocycles. The number of hydrogen-bond acceptors (Lipinski definition) is 5. The Labute approximate surface area is 162 Å². The van der Waals surface area contributed by atoms with Gasteiger partial charge in [-0.25, -0.2) is 9.78 Å². The number of nitrogens with one attached hydrogen (secondary N) is 2. The lowest BCUT2D eigenvalue weighted by molar-refractivity contribution is 0.246. The number of urea groups is 1. The van der Waals surface area contributed by atoms with Gasteiger partial charge in [0.15, 0.2) is 0 Å². The number of piperidine rings is 1. The molecule has 142 valence electrons. The summed E-state index contributed by atoms with van der Waals surface area (Å²) in [6, 6.07) is 11.3. The van der Waals surface area contributed by atoms with Gasteiger partial charge >= 0.3 is 6.03 Å². The van der Waals surface area contributed by atoms with Crippen molar-refractivity contribution in [3.63, 3.8) is 0 Å². The Morgan fingerprint density at radius 2 is 2.11 bits per heavy atom. The summed E-state index contributed by atoms with van der Waals surface area (Å²) >= 11 is 0. The SMILES string of the molecule is Cn1ncc2cc(NC(=O)NC3CCN(c4ncccc4C#N)CC3)ccc21. The number of aromatic nitrogens is 3. The van der Waals surface area contributed by atoms with E-state index in [1.807, 2.05) is 25.2 Å². The first kappa shape index (κ1) is 17.8. The van der Waals surface area contributed by atoms with Gasteiger partial charge in [-0.15, -0.1) is 0 Å². The minimum absolute atomic E-state index is 0.0904. The van der Waals surface area contributed by atoms with Crippen LogP contribution in [0.25, 0.3) is 10.9 Å². The molecule has 4 rings (SSSR count). The van der Waals surface area contributed by atoms with Gasteiger partial charge < -0.3 is 15.5 Å². The highest BCUT2D eigenvalue weighted by Crippen LogP contribution is 2.22. The zero-order valence-corrected chi connectivity index (χ0v) is 15.6. The smallest absolute Gasteiger partial charge is 0.319 e. The van der Waals surface area contributed by atoms with E-state index in [0.717, 1.165) is 48.3 Å². The zero-order valence-electron chi connectivity index (χ0n) is 15.6. The number of amides is 2. The molecule has 1 aliphatic rings. The third-order valence-electron chi connectivity index (χ3n) is 5.04. The van der Waals surface area contributed by atoms with Crippen molar-refractivity contribution in [3.8, 4) is 6.07 Å². The highest BCUT2D eigenvalue weighted by molar-refractivity contribution is 5.92. The van der Waals surface area contributed by atoms with Gasteiger partial charge in [0.2, 0.25) is 0 Å². The molecule has 1 aromatic carbocycles. The van der Waals surface area contributed by atoms with Crippen LogP contribution >= 0.6 is 0 Å². The van der Waals surface area contributed by atoms with Crippen LogP contribution in [0.15, 0.2) is 42.7 Å². The summed E-state index contributed by atoms with van der Waals surface area (Å²) in [7, 11) is 1.89. The normalized spacial score (nSPS) is 14.6. The van der Waals surface area contributed by atoms with E-state index >= 15 is 0 Å². The van der Waals surface area contributed by atoms with E-state index in [4.69, 9.17) is 0 Å². The second-order valence-corrected chi connectivity index (χ2v) is 6.89. The van der Waals surface area contributed by atoms with Gasteiger partial charge in [-0.2, -0.15) is 10.4 Å². The van der Waals surface area contributed by atoms with Crippen molar-refractivity contribution >= 4 is 28.4 Å². The topological polar surface area (TPSA) is 98.9 Å². The molecule has 0 saturated carbocycles. The summed E-state index contributed by atoms with van der Waals surface area (Å²) < 4.78 is 1.80. The van der Waals surface area contributed by atoms with Crippen LogP contribution in [0.2, 0.25) is 0 Å². The molecule has 1 saturated heterocycles. The van der Waals surface area contributed by atoms with Crippen LogP contribution in [-0.4, -0.2) is 39.9 Å². The number of carbonyl (C=O) groups is 1. The Bertz CT molecular complexity index is 1040. The lowest BCUT2D eigenvalue weighted by atomic mass is 10.0. The molecule has 8 nitrogen and oxygen atoms in total. The monoisotopic (exact) mass is 375 g/mol. The summed E-state index contributed by atoms with van der Waals surface area (Å²) in [6.07, 6.45) is 5.08. The van der Waals surface area contributed by atoms with Crippen LogP contribution in [0.3, 0.4) is 0 Å². The van der Waals surface area contributed by atoms with Gasteiger partial charge in [0.1, 0.15) is 11.9 Å². The lowest BCUT2D eigenvalue weighted by Gasteiger charge is -2.33. The fourth-order valence-corrected chi connectivity index (χ4v) is 3.57. The molecule has 0 atom stereocenters. The fraction of sp³-hybridized carbons (Fsp3) is 0.300. The second-order valence-electron chi connectivity index (χ2n) is 6.89. The largest absolute Gasteiger partial charge is 0.355 e. The number of nitrogens with zero attached hydrogens (tertiary/aromatic N) is 5. The number of nitriles is 1. The lowest BCUT2D eigenvalue weighted by Crippen LogP contribution is -2.46. The van der Waals surface area contributed by atoms with Crippen molar-refractivity contribution in [1.29, 1.82) is 5.26 Å². The van der Waals surface area contributed by atoms with Crippen molar-refractivity contribution in [2.45, 2.75) is 18.9 Å². The first-order valence-corrected chi connectivity index (χ1v) is 9.23. The molecule has 0 aliphatic carbocycles. The van der Waals surface area contributed by atoms with Crippen molar-refractivity contribution < 1.29 is 4.79 Å². The van der Waals surface area contributed by atoms with Crippen LogP contribution in [0, 0.1) is 11.3 Å². The summed E-state index contributed by atoms with van der Waals surface area (Å²) in [5.41, 5.74) is 2.34. The molecular formula is C20H21N7O. The number of carbonyl (C=O) groups excluding carboxylic acids is 1. The molecule has 0 radical (unpaired) electrons. The zero-order chi connectivity index (χ0) is 19.5.